The first-order chi connectivity index (χ1) is 13.8. The van der Waals surface area contributed by atoms with Crippen molar-refractivity contribution in [2.24, 2.45) is 0 Å². The van der Waals surface area contributed by atoms with Crippen molar-refractivity contribution in [2.75, 3.05) is 44.5 Å². The van der Waals surface area contributed by atoms with E-state index in [0.717, 1.165) is 21.9 Å². The van der Waals surface area contributed by atoms with Crippen molar-refractivity contribution < 1.29 is 27.4 Å². The summed E-state index contributed by atoms with van der Waals surface area (Å²) in [5, 5.41) is 2.67. The zero-order valence-electron chi connectivity index (χ0n) is 17.0. The standard InChI is InChI=1S/C20H26N2O6S/c1-15-7-5-6-8-18(15)28-12-11-21-20(23)14-22(29(4,24)25)17-10-9-16(26-2)13-19(17)27-3/h5-10,13H,11-12,14H2,1-4H3,(H,21,23). The predicted molar refractivity (Wildman–Crippen MR) is 111 cm³/mol. The van der Waals surface area contributed by atoms with Gasteiger partial charge in [-0.15, -0.1) is 0 Å². The van der Waals surface area contributed by atoms with E-state index in [9.17, 15) is 13.2 Å². The lowest BCUT2D eigenvalue weighted by Gasteiger charge is -2.24. The molecule has 8 nitrogen and oxygen atoms in total. The smallest absolute Gasteiger partial charge is 0.240 e. The number of benzene rings is 2. The molecule has 0 aliphatic rings. The monoisotopic (exact) mass is 422 g/mol. The summed E-state index contributed by atoms with van der Waals surface area (Å²) < 4.78 is 41.6. The van der Waals surface area contributed by atoms with Gasteiger partial charge < -0.3 is 19.5 Å². The van der Waals surface area contributed by atoms with E-state index >= 15 is 0 Å². The molecule has 0 heterocycles. The second-order valence-corrected chi connectivity index (χ2v) is 8.18. The van der Waals surface area contributed by atoms with Crippen LogP contribution in [0.25, 0.3) is 0 Å². The van der Waals surface area contributed by atoms with E-state index in [1.807, 2.05) is 31.2 Å². The highest BCUT2D eigenvalue weighted by atomic mass is 32.2. The molecular weight excluding hydrogens is 396 g/mol. The molecule has 0 radical (unpaired) electrons. The fourth-order valence-electron chi connectivity index (χ4n) is 2.63. The molecule has 158 valence electrons. The average molecular weight is 423 g/mol. The largest absolute Gasteiger partial charge is 0.497 e. The van der Waals surface area contributed by atoms with Crippen LogP contribution < -0.4 is 23.8 Å². The Balaban J connectivity index is 2.02. The molecule has 0 aliphatic carbocycles. The summed E-state index contributed by atoms with van der Waals surface area (Å²) in [5.41, 5.74) is 1.25. The lowest BCUT2D eigenvalue weighted by molar-refractivity contribution is -0.119. The number of rotatable bonds is 10. The van der Waals surface area contributed by atoms with Crippen LogP contribution in [0.15, 0.2) is 42.5 Å². The molecule has 2 rings (SSSR count). The minimum Gasteiger partial charge on any atom is -0.497 e. The van der Waals surface area contributed by atoms with Crippen LogP contribution in [0, 0.1) is 6.92 Å². The molecule has 1 amide bonds. The van der Waals surface area contributed by atoms with Crippen LogP contribution in [-0.2, 0) is 14.8 Å². The number of sulfonamides is 1. The van der Waals surface area contributed by atoms with Gasteiger partial charge in [0.15, 0.2) is 0 Å². The molecule has 2 aromatic rings. The molecule has 29 heavy (non-hydrogen) atoms. The predicted octanol–water partition coefficient (Wildman–Crippen LogP) is 1.97. The van der Waals surface area contributed by atoms with Crippen LogP contribution in [0.4, 0.5) is 5.69 Å². The lowest BCUT2D eigenvalue weighted by atomic mass is 10.2. The van der Waals surface area contributed by atoms with Crippen LogP contribution in [0.3, 0.4) is 0 Å². The third-order valence-electron chi connectivity index (χ3n) is 4.12. The Labute approximate surface area is 171 Å². The van der Waals surface area contributed by atoms with Crippen LogP contribution >= 0.6 is 0 Å². The summed E-state index contributed by atoms with van der Waals surface area (Å²) in [6, 6.07) is 12.3. The van der Waals surface area contributed by atoms with Crippen molar-refractivity contribution in [1.29, 1.82) is 0 Å². The third-order valence-corrected chi connectivity index (χ3v) is 5.24. The molecule has 0 bridgehead atoms. The van der Waals surface area contributed by atoms with E-state index in [4.69, 9.17) is 14.2 Å². The molecular formula is C20H26N2O6S. The van der Waals surface area contributed by atoms with Crippen molar-refractivity contribution in [3.05, 3.63) is 48.0 Å². The topological polar surface area (TPSA) is 94.2 Å². The minimum atomic E-state index is -3.72. The maximum Gasteiger partial charge on any atom is 0.240 e. The number of anilines is 1. The fourth-order valence-corrected chi connectivity index (χ4v) is 3.49. The summed E-state index contributed by atoms with van der Waals surface area (Å²) in [7, 11) is -0.810. The number of nitrogens with one attached hydrogen (secondary N) is 1. The Morgan fingerprint density at radius 2 is 1.79 bits per heavy atom. The number of methoxy groups -OCH3 is 2. The zero-order valence-corrected chi connectivity index (χ0v) is 17.8. The second kappa shape index (κ2) is 10.0. The maximum absolute atomic E-state index is 12.3. The van der Waals surface area contributed by atoms with Crippen LogP contribution in [0.2, 0.25) is 0 Å². The van der Waals surface area contributed by atoms with Gasteiger partial charge in [0.2, 0.25) is 15.9 Å². The lowest BCUT2D eigenvalue weighted by Crippen LogP contribution is -2.41. The molecule has 1 N–H and O–H groups in total. The summed E-state index contributed by atoms with van der Waals surface area (Å²) in [4.78, 5) is 12.3. The van der Waals surface area contributed by atoms with Crippen molar-refractivity contribution in [3.63, 3.8) is 0 Å². The molecule has 9 heteroatoms. The Morgan fingerprint density at radius 1 is 1.07 bits per heavy atom. The van der Waals surface area contributed by atoms with Gasteiger partial charge in [-0.1, -0.05) is 18.2 Å². The van der Waals surface area contributed by atoms with E-state index in [0.29, 0.717) is 5.75 Å². The Hall–Kier alpha value is -2.94. The van der Waals surface area contributed by atoms with Gasteiger partial charge in [-0.2, -0.15) is 0 Å². The second-order valence-electron chi connectivity index (χ2n) is 6.27. The van der Waals surface area contributed by atoms with Crippen LogP contribution in [0.5, 0.6) is 17.2 Å². The zero-order chi connectivity index (χ0) is 21.4. The van der Waals surface area contributed by atoms with E-state index in [2.05, 4.69) is 5.32 Å². The Kier molecular flexibility index (Phi) is 7.72. The minimum absolute atomic E-state index is 0.241. The summed E-state index contributed by atoms with van der Waals surface area (Å²) >= 11 is 0. The molecule has 2 aromatic carbocycles. The Bertz CT molecular complexity index is 946. The first-order valence-electron chi connectivity index (χ1n) is 8.91. The third kappa shape index (κ3) is 6.28. The number of hydrogen-bond acceptors (Lipinski definition) is 6. The highest BCUT2D eigenvalue weighted by molar-refractivity contribution is 7.92. The number of hydrogen-bond donors (Lipinski definition) is 1. The van der Waals surface area contributed by atoms with Gasteiger partial charge in [0.25, 0.3) is 0 Å². The van der Waals surface area contributed by atoms with Gasteiger partial charge >= 0.3 is 0 Å². The van der Waals surface area contributed by atoms with E-state index in [-0.39, 0.29) is 31.1 Å². The van der Waals surface area contributed by atoms with E-state index < -0.39 is 15.9 Å². The quantitative estimate of drug-likeness (QED) is 0.589. The highest BCUT2D eigenvalue weighted by Gasteiger charge is 2.24. The van der Waals surface area contributed by atoms with Gasteiger partial charge in [0.1, 0.15) is 30.4 Å². The number of ether oxygens (including phenoxy) is 3. The summed E-state index contributed by atoms with van der Waals surface area (Å²) in [5.74, 6) is 1.08. The summed E-state index contributed by atoms with van der Waals surface area (Å²) in [6.07, 6.45) is 1.03. The molecule has 0 unspecified atom stereocenters. The summed E-state index contributed by atoms with van der Waals surface area (Å²) in [6.45, 7) is 2.05. The number of carbonyl (C=O) groups excluding carboxylic acids is 1. The first kappa shape index (κ1) is 22.4. The molecule has 0 atom stereocenters. The van der Waals surface area contributed by atoms with Crippen molar-refractivity contribution in [2.45, 2.75) is 6.92 Å². The SMILES string of the molecule is COc1ccc(N(CC(=O)NCCOc2ccccc2C)S(C)(=O)=O)c(OC)c1. The van der Waals surface area contributed by atoms with Crippen molar-refractivity contribution in [1.82, 2.24) is 5.32 Å². The van der Waals surface area contributed by atoms with Gasteiger partial charge in [-0.05, 0) is 30.7 Å². The van der Waals surface area contributed by atoms with Crippen LogP contribution in [-0.4, -0.2) is 54.5 Å². The van der Waals surface area contributed by atoms with Gasteiger partial charge in [-0.3, -0.25) is 9.10 Å². The molecule has 0 spiro atoms. The fraction of sp³-hybridized carbons (Fsp3) is 0.350. The van der Waals surface area contributed by atoms with Crippen molar-refractivity contribution in [3.8, 4) is 17.2 Å². The van der Waals surface area contributed by atoms with Crippen LogP contribution in [0.1, 0.15) is 5.56 Å². The molecule has 0 fully saturated rings. The highest BCUT2D eigenvalue weighted by Crippen LogP contribution is 2.33. The molecule has 0 saturated heterocycles. The molecule has 0 aliphatic heterocycles. The van der Waals surface area contributed by atoms with Gasteiger partial charge in [-0.25, -0.2) is 8.42 Å². The number of amides is 1. The normalized spacial score (nSPS) is 10.9. The Morgan fingerprint density at radius 3 is 2.41 bits per heavy atom. The van der Waals surface area contributed by atoms with E-state index in [1.54, 1.807) is 12.1 Å². The van der Waals surface area contributed by atoms with Gasteiger partial charge in [0, 0.05) is 6.07 Å². The number of carbonyl (C=O) groups is 1. The molecule has 0 aromatic heterocycles. The van der Waals surface area contributed by atoms with Gasteiger partial charge in [0.05, 0.1) is 32.7 Å². The average Bonchev–Trinajstić information content (AvgIpc) is 2.69. The number of aryl methyl sites for hydroxylation is 1. The first-order valence-corrected chi connectivity index (χ1v) is 10.8. The maximum atomic E-state index is 12.3. The number of nitrogens with zero attached hydrogens (tertiary/aromatic N) is 1. The van der Waals surface area contributed by atoms with Crippen molar-refractivity contribution >= 4 is 21.6 Å². The van der Waals surface area contributed by atoms with E-state index in [1.165, 1.54) is 20.3 Å². The number of para-hydroxylation sites is 1. The molecule has 0 saturated carbocycles.